The summed E-state index contributed by atoms with van der Waals surface area (Å²) in [6.07, 6.45) is 0. The van der Waals surface area contributed by atoms with Crippen molar-refractivity contribution in [3.05, 3.63) is 96.1 Å². The van der Waals surface area contributed by atoms with Crippen molar-refractivity contribution >= 4 is 11.9 Å². The minimum atomic E-state index is -0.593. The number of hydrogen-bond acceptors (Lipinski definition) is 5. The van der Waals surface area contributed by atoms with Crippen LogP contribution in [0.5, 0.6) is 11.5 Å². The largest absolute Gasteiger partial charge is 0.493 e. The summed E-state index contributed by atoms with van der Waals surface area (Å²) in [6, 6.07) is 26.0. The van der Waals surface area contributed by atoms with E-state index in [1.54, 1.807) is 19.2 Å². The Balaban J connectivity index is 1.49. The van der Waals surface area contributed by atoms with Gasteiger partial charge in [0.25, 0.3) is 5.91 Å². The van der Waals surface area contributed by atoms with Crippen LogP contribution in [0.3, 0.4) is 0 Å². The lowest BCUT2D eigenvalue weighted by Gasteiger charge is -2.17. The maximum atomic E-state index is 12.8. The summed E-state index contributed by atoms with van der Waals surface area (Å²) in [4.78, 5) is 24.9. The molecule has 1 N–H and O–H groups in total. The highest BCUT2D eigenvalue weighted by molar-refractivity contribution is 5.85. The van der Waals surface area contributed by atoms with Gasteiger partial charge in [-0.2, -0.15) is 0 Å². The molecule has 0 spiro atoms. The van der Waals surface area contributed by atoms with E-state index >= 15 is 0 Å². The molecular formula is C25H25NO5. The molecule has 3 aromatic carbocycles. The summed E-state index contributed by atoms with van der Waals surface area (Å²) in [5.74, 6) is -0.242. The average molecular weight is 419 g/mol. The average Bonchev–Trinajstić information content (AvgIpc) is 2.82. The molecular weight excluding hydrogens is 394 g/mol. The summed E-state index contributed by atoms with van der Waals surface area (Å²) in [6.45, 7) is 0.176. The van der Waals surface area contributed by atoms with E-state index in [2.05, 4.69) is 5.32 Å². The number of benzene rings is 3. The van der Waals surface area contributed by atoms with Crippen LogP contribution < -0.4 is 14.8 Å². The van der Waals surface area contributed by atoms with Crippen LogP contribution in [0.15, 0.2) is 84.9 Å². The molecule has 0 saturated heterocycles. The molecule has 0 aromatic heterocycles. The number of hydrogen-bond donors (Lipinski definition) is 1. The summed E-state index contributed by atoms with van der Waals surface area (Å²) >= 11 is 0. The minimum absolute atomic E-state index is 0.261. The van der Waals surface area contributed by atoms with Gasteiger partial charge >= 0.3 is 5.97 Å². The maximum Gasteiger partial charge on any atom is 0.318 e. The third-order valence-electron chi connectivity index (χ3n) is 4.60. The molecule has 31 heavy (non-hydrogen) atoms. The van der Waals surface area contributed by atoms with Crippen molar-refractivity contribution in [2.75, 3.05) is 26.9 Å². The van der Waals surface area contributed by atoms with Crippen LogP contribution in [0.2, 0.25) is 0 Å². The molecule has 0 atom stereocenters. The lowest BCUT2D eigenvalue weighted by Crippen LogP contribution is -2.33. The van der Waals surface area contributed by atoms with Gasteiger partial charge in [-0.25, -0.2) is 0 Å². The van der Waals surface area contributed by atoms with E-state index in [0.717, 1.165) is 11.1 Å². The lowest BCUT2D eigenvalue weighted by atomic mass is 9.91. The van der Waals surface area contributed by atoms with Crippen molar-refractivity contribution < 1.29 is 23.8 Å². The molecule has 3 aromatic rings. The molecule has 0 radical (unpaired) electrons. The summed E-state index contributed by atoms with van der Waals surface area (Å²) in [5.41, 5.74) is 1.62. The van der Waals surface area contributed by atoms with Crippen LogP contribution in [-0.4, -0.2) is 38.7 Å². The van der Waals surface area contributed by atoms with Crippen molar-refractivity contribution in [1.82, 2.24) is 5.32 Å². The van der Waals surface area contributed by atoms with Crippen molar-refractivity contribution in [1.29, 1.82) is 0 Å². The highest BCUT2D eigenvalue weighted by Gasteiger charge is 2.24. The van der Waals surface area contributed by atoms with Gasteiger partial charge in [-0.1, -0.05) is 72.8 Å². The Bertz CT molecular complexity index is 936. The molecule has 0 aliphatic carbocycles. The SMILES string of the molecule is COc1ccccc1OCCNC(=O)COC(=O)C(c1ccccc1)c1ccccc1. The Morgan fingerprint density at radius 1 is 0.806 bits per heavy atom. The smallest absolute Gasteiger partial charge is 0.318 e. The highest BCUT2D eigenvalue weighted by Crippen LogP contribution is 2.26. The van der Waals surface area contributed by atoms with Crippen LogP contribution in [-0.2, 0) is 14.3 Å². The molecule has 1 amide bonds. The zero-order valence-electron chi connectivity index (χ0n) is 17.3. The Labute approximate surface area is 181 Å². The zero-order chi connectivity index (χ0) is 21.9. The Morgan fingerprint density at radius 2 is 1.35 bits per heavy atom. The normalized spacial score (nSPS) is 10.4. The molecule has 0 unspecified atom stereocenters. The Kier molecular flexibility index (Phi) is 8.05. The van der Waals surface area contributed by atoms with Crippen LogP contribution in [0, 0.1) is 0 Å². The van der Waals surface area contributed by atoms with Gasteiger partial charge in [-0.15, -0.1) is 0 Å². The predicted molar refractivity (Wildman–Crippen MR) is 117 cm³/mol. The second kappa shape index (κ2) is 11.4. The fraction of sp³-hybridized carbons (Fsp3) is 0.200. The Morgan fingerprint density at radius 3 is 1.94 bits per heavy atom. The van der Waals surface area contributed by atoms with Gasteiger partial charge < -0.3 is 19.5 Å². The van der Waals surface area contributed by atoms with E-state index in [0.29, 0.717) is 11.5 Å². The zero-order valence-corrected chi connectivity index (χ0v) is 17.3. The summed E-state index contributed by atoms with van der Waals surface area (Å²) < 4.78 is 16.1. The number of para-hydroxylation sites is 2. The van der Waals surface area contributed by atoms with Gasteiger partial charge in [0.2, 0.25) is 0 Å². The number of nitrogens with one attached hydrogen (secondary N) is 1. The van der Waals surface area contributed by atoms with Crippen LogP contribution >= 0.6 is 0 Å². The molecule has 0 aliphatic heterocycles. The van der Waals surface area contributed by atoms with E-state index in [9.17, 15) is 9.59 Å². The lowest BCUT2D eigenvalue weighted by molar-refractivity contribution is -0.149. The number of amides is 1. The molecule has 6 heteroatoms. The second-order valence-electron chi connectivity index (χ2n) is 6.71. The molecule has 6 nitrogen and oxygen atoms in total. The highest BCUT2D eigenvalue weighted by atomic mass is 16.5. The first-order valence-electron chi connectivity index (χ1n) is 9.98. The van der Waals surface area contributed by atoms with Gasteiger partial charge in [-0.05, 0) is 23.3 Å². The molecule has 160 valence electrons. The monoisotopic (exact) mass is 419 g/mol. The number of carbonyl (C=O) groups excluding carboxylic acids is 2. The number of methoxy groups -OCH3 is 1. The quantitative estimate of drug-likeness (QED) is 0.402. The number of esters is 1. The second-order valence-corrected chi connectivity index (χ2v) is 6.71. The first-order valence-corrected chi connectivity index (χ1v) is 9.98. The first-order chi connectivity index (χ1) is 15.2. The van der Waals surface area contributed by atoms with E-state index in [1.165, 1.54) is 0 Å². The molecule has 0 fully saturated rings. The van der Waals surface area contributed by atoms with E-state index in [-0.39, 0.29) is 19.8 Å². The number of carbonyl (C=O) groups is 2. The third kappa shape index (κ3) is 6.34. The molecule has 0 heterocycles. The standard InChI is InChI=1S/C25H25NO5/c1-29-21-14-8-9-15-22(21)30-17-16-26-23(27)18-31-25(28)24(19-10-4-2-5-11-19)20-12-6-3-7-13-20/h2-15,24H,16-18H2,1H3,(H,26,27). The minimum Gasteiger partial charge on any atom is -0.493 e. The van der Waals surface area contributed by atoms with E-state index in [4.69, 9.17) is 14.2 Å². The first kappa shape index (κ1) is 21.9. The van der Waals surface area contributed by atoms with Gasteiger partial charge in [0.1, 0.15) is 12.5 Å². The number of rotatable bonds is 10. The molecule has 0 saturated carbocycles. The third-order valence-corrected chi connectivity index (χ3v) is 4.60. The Hall–Kier alpha value is -3.80. The van der Waals surface area contributed by atoms with Crippen LogP contribution in [0.1, 0.15) is 17.0 Å². The van der Waals surface area contributed by atoms with E-state index < -0.39 is 17.8 Å². The van der Waals surface area contributed by atoms with Gasteiger partial charge in [0.15, 0.2) is 18.1 Å². The fourth-order valence-corrected chi connectivity index (χ4v) is 3.12. The van der Waals surface area contributed by atoms with Crippen molar-refractivity contribution in [2.24, 2.45) is 0 Å². The molecule has 0 bridgehead atoms. The van der Waals surface area contributed by atoms with Crippen LogP contribution in [0.4, 0.5) is 0 Å². The van der Waals surface area contributed by atoms with Gasteiger partial charge in [0, 0.05) is 0 Å². The van der Waals surface area contributed by atoms with Crippen molar-refractivity contribution in [3.63, 3.8) is 0 Å². The van der Waals surface area contributed by atoms with Gasteiger partial charge in [0.05, 0.1) is 13.7 Å². The summed E-state index contributed by atoms with van der Waals surface area (Å²) in [5, 5.41) is 2.68. The summed E-state index contributed by atoms with van der Waals surface area (Å²) in [7, 11) is 1.57. The van der Waals surface area contributed by atoms with Crippen LogP contribution in [0.25, 0.3) is 0 Å². The van der Waals surface area contributed by atoms with Crippen molar-refractivity contribution in [3.8, 4) is 11.5 Å². The van der Waals surface area contributed by atoms with E-state index in [1.807, 2.05) is 72.8 Å². The fourth-order valence-electron chi connectivity index (χ4n) is 3.12. The number of ether oxygens (including phenoxy) is 3. The maximum absolute atomic E-state index is 12.8. The van der Waals surface area contributed by atoms with Gasteiger partial charge in [-0.3, -0.25) is 9.59 Å². The molecule has 0 aliphatic rings. The predicted octanol–water partition coefficient (Wildman–Crippen LogP) is 3.57. The molecule has 3 rings (SSSR count). The van der Waals surface area contributed by atoms with Crippen molar-refractivity contribution in [2.45, 2.75) is 5.92 Å². The topological polar surface area (TPSA) is 73.9 Å².